The minimum Gasteiger partial charge on any atom is -0.329 e. The van der Waals surface area contributed by atoms with Crippen molar-refractivity contribution in [3.8, 4) is 0 Å². The van der Waals surface area contributed by atoms with Crippen molar-refractivity contribution in [1.82, 2.24) is 0 Å². The molecule has 0 aliphatic rings. The van der Waals surface area contributed by atoms with Gasteiger partial charge in [0.2, 0.25) is 0 Å². The van der Waals surface area contributed by atoms with E-state index in [0.717, 1.165) is 12.2 Å². The van der Waals surface area contributed by atoms with E-state index in [9.17, 15) is 4.21 Å². The molecule has 2 unspecified atom stereocenters. The van der Waals surface area contributed by atoms with Crippen molar-refractivity contribution in [2.45, 2.75) is 57.6 Å². The number of unbranched alkanes of at least 4 members (excludes halogenated alkanes) is 5. The van der Waals surface area contributed by atoms with Crippen LogP contribution in [0.2, 0.25) is 0 Å². The molecule has 2 N–H and O–H groups in total. The number of hydrogen-bond donors (Lipinski definition) is 1. The first-order valence-corrected chi connectivity index (χ1v) is 7.17. The second-order valence-electron chi connectivity index (χ2n) is 3.90. The first kappa shape index (κ1) is 14.1. The summed E-state index contributed by atoms with van der Waals surface area (Å²) in [6.45, 7) is 4.73. The zero-order valence-corrected chi connectivity index (χ0v) is 10.4. The molecule has 0 aromatic carbocycles. The van der Waals surface area contributed by atoms with Crippen LogP contribution in [0, 0.1) is 0 Å². The molecular weight excluding hydrogens is 194 g/mol. The summed E-state index contributed by atoms with van der Waals surface area (Å²) in [7, 11) is -0.697. The summed E-state index contributed by atoms with van der Waals surface area (Å²) in [6.07, 6.45) is 7.57. The van der Waals surface area contributed by atoms with Gasteiger partial charge in [0.15, 0.2) is 0 Å². The van der Waals surface area contributed by atoms with Gasteiger partial charge in [-0.2, -0.15) is 0 Å². The van der Waals surface area contributed by atoms with E-state index in [-0.39, 0.29) is 5.25 Å². The van der Waals surface area contributed by atoms with Crippen LogP contribution >= 0.6 is 0 Å². The average molecular weight is 219 g/mol. The Morgan fingerprint density at radius 3 is 2.29 bits per heavy atom. The normalized spacial score (nSPS) is 15.4. The van der Waals surface area contributed by atoms with E-state index in [1.807, 2.05) is 6.92 Å². The molecule has 0 aromatic rings. The topological polar surface area (TPSA) is 43.1 Å². The number of rotatable bonds is 9. The highest BCUT2D eigenvalue weighted by Gasteiger charge is 2.07. The lowest BCUT2D eigenvalue weighted by molar-refractivity contribution is 0.620. The van der Waals surface area contributed by atoms with Crippen molar-refractivity contribution in [3.05, 3.63) is 0 Å². The molecule has 0 saturated heterocycles. The highest BCUT2D eigenvalue weighted by Crippen LogP contribution is 2.06. The fourth-order valence-corrected chi connectivity index (χ4v) is 2.44. The SMILES string of the molecule is CCCCCCCCS(=O)C(C)CN. The standard InChI is InChI=1S/C11H25NOS/c1-3-4-5-6-7-8-9-14(13)11(2)10-12/h11H,3-10,12H2,1-2H3. The Morgan fingerprint density at radius 2 is 1.71 bits per heavy atom. The van der Waals surface area contributed by atoms with Crippen LogP contribution in [0.1, 0.15) is 52.4 Å². The van der Waals surface area contributed by atoms with Crippen molar-refractivity contribution < 1.29 is 4.21 Å². The lowest BCUT2D eigenvalue weighted by atomic mass is 10.1. The van der Waals surface area contributed by atoms with Crippen LogP contribution in [0.5, 0.6) is 0 Å². The average Bonchev–Trinajstić information content (AvgIpc) is 2.21. The van der Waals surface area contributed by atoms with Crippen molar-refractivity contribution in [2.75, 3.05) is 12.3 Å². The molecule has 3 heteroatoms. The van der Waals surface area contributed by atoms with Gasteiger partial charge in [-0.3, -0.25) is 4.21 Å². The van der Waals surface area contributed by atoms with E-state index in [2.05, 4.69) is 6.92 Å². The molecule has 0 spiro atoms. The van der Waals surface area contributed by atoms with Gasteiger partial charge >= 0.3 is 0 Å². The molecule has 0 heterocycles. The molecule has 0 rings (SSSR count). The molecule has 0 bridgehead atoms. The lowest BCUT2D eigenvalue weighted by Gasteiger charge is -2.07. The van der Waals surface area contributed by atoms with Gasteiger partial charge in [-0.1, -0.05) is 39.0 Å². The third kappa shape index (κ3) is 7.51. The first-order valence-electron chi connectivity index (χ1n) is 5.79. The van der Waals surface area contributed by atoms with Crippen LogP contribution in [-0.2, 0) is 10.8 Å². The monoisotopic (exact) mass is 219 g/mol. The molecule has 0 aliphatic heterocycles. The quantitative estimate of drug-likeness (QED) is 0.605. The van der Waals surface area contributed by atoms with E-state index in [1.165, 1.54) is 32.1 Å². The van der Waals surface area contributed by atoms with Gasteiger partial charge in [-0.05, 0) is 13.3 Å². The molecule has 14 heavy (non-hydrogen) atoms. The third-order valence-electron chi connectivity index (χ3n) is 2.48. The maximum atomic E-state index is 11.5. The van der Waals surface area contributed by atoms with Gasteiger partial charge in [0.05, 0.1) is 0 Å². The fraction of sp³-hybridized carbons (Fsp3) is 1.00. The summed E-state index contributed by atoms with van der Waals surface area (Å²) < 4.78 is 11.5. The van der Waals surface area contributed by atoms with E-state index >= 15 is 0 Å². The van der Waals surface area contributed by atoms with Crippen molar-refractivity contribution in [1.29, 1.82) is 0 Å². The summed E-state index contributed by atoms with van der Waals surface area (Å²) in [5, 5.41) is 0.172. The number of hydrogen-bond acceptors (Lipinski definition) is 2. The van der Waals surface area contributed by atoms with Crippen LogP contribution < -0.4 is 5.73 Å². The summed E-state index contributed by atoms with van der Waals surface area (Å²) in [5.41, 5.74) is 5.45. The predicted octanol–water partition coefficient (Wildman–Crippen LogP) is 2.44. The van der Waals surface area contributed by atoms with Crippen LogP contribution in [-0.4, -0.2) is 21.8 Å². The molecule has 2 nitrogen and oxygen atoms in total. The van der Waals surface area contributed by atoms with Gasteiger partial charge in [0.25, 0.3) is 0 Å². The summed E-state index contributed by atoms with van der Waals surface area (Å²) in [5.74, 6) is 0.838. The van der Waals surface area contributed by atoms with E-state index in [0.29, 0.717) is 6.54 Å². The Labute approximate surface area is 91.1 Å². The van der Waals surface area contributed by atoms with Crippen LogP contribution in [0.25, 0.3) is 0 Å². The summed E-state index contributed by atoms with van der Waals surface area (Å²) >= 11 is 0. The molecule has 0 amide bonds. The molecule has 86 valence electrons. The second-order valence-corrected chi connectivity index (χ2v) is 5.87. The maximum absolute atomic E-state index is 11.5. The highest BCUT2D eigenvalue weighted by atomic mass is 32.2. The largest absolute Gasteiger partial charge is 0.329 e. The van der Waals surface area contributed by atoms with E-state index in [4.69, 9.17) is 5.73 Å². The third-order valence-corrected chi connectivity index (χ3v) is 4.26. The smallest absolute Gasteiger partial charge is 0.0442 e. The maximum Gasteiger partial charge on any atom is 0.0442 e. The zero-order chi connectivity index (χ0) is 10.8. The molecule has 0 aliphatic carbocycles. The predicted molar refractivity (Wildman–Crippen MR) is 64.9 cm³/mol. The first-order chi connectivity index (χ1) is 6.72. The summed E-state index contributed by atoms with van der Waals surface area (Å²) in [4.78, 5) is 0. The minimum atomic E-state index is -0.697. The van der Waals surface area contributed by atoms with Gasteiger partial charge in [-0.25, -0.2) is 0 Å². The minimum absolute atomic E-state index is 0.172. The lowest BCUT2D eigenvalue weighted by Crippen LogP contribution is -2.23. The van der Waals surface area contributed by atoms with Crippen molar-refractivity contribution >= 4 is 10.8 Å². The number of nitrogens with two attached hydrogens (primary N) is 1. The van der Waals surface area contributed by atoms with Gasteiger partial charge < -0.3 is 5.73 Å². The molecule has 0 radical (unpaired) electrons. The Hall–Kier alpha value is 0.110. The molecular formula is C11H25NOS. The molecule has 2 atom stereocenters. The van der Waals surface area contributed by atoms with Crippen molar-refractivity contribution in [2.24, 2.45) is 5.73 Å². The molecule has 0 saturated carbocycles. The Balaban J connectivity index is 3.23. The van der Waals surface area contributed by atoms with E-state index in [1.54, 1.807) is 0 Å². The highest BCUT2D eigenvalue weighted by molar-refractivity contribution is 7.85. The molecule has 0 aromatic heterocycles. The Bertz CT molecular complexity index is 150. The van der Waals surface area contributed by atoms with Crippen LogP contribution in [0.15, 0.2) is 0 Å². The van der Waals surface area contributed by atoms with Crippen molar-refractivity contribution in [3.63, 3.8) is 0 Å². The van der Waals surface area contributed by atoms with Crippen LogP contribution in [0.3, 0.4) is 0 Å². The Kier molecular flexibility index (Phi) is 9.73. The molecule has 0 fully saturated rings. The fourth-order valence-electron chi connectivity index (χ4n) is 1.33. The zero-order valence-electron chi connectivity index (χ0n) is 9.63. The van der Waals surface area contributed by atoms with Crippen LogP contribution in [0.4, 0.5) is 0 Å². The Morgan fingerprint density at radius 1 is 1.14 bits per heavy atom. The van der Waals surface area contributed by atoms with Gasteiger partial charge in [0.1, 0.15) is 0 Å². The van der Waals surface area contributed by atoms with E-state index < -0.39 is 10.8 Å². The summed E-state index contributed by atoms with van der Waals surface area (Å²) in [6, 6.07) is 0. The van der Waals surface area contributed by atoms with Gasteiger partial charge in [-0.15, -0.1) is 0 Å². The second kappa shape index (κ2) is 9.66. The van der Waals surface area contributed by atoms with Gasteiger partial charge in [0, 0.05) is 28.3 Å².